The Morgan fingerprint density at radius 1 is 1.00 bits per heavy atom. The molecule has 8 nitrogen and oxygen atoms in total. The average molecular weight is 402 g/mol. The van der Waals surface area contributed by atoms with E-state index in [1.54, 1.807) is 31.2 Å². The van der Waals surface area contributed by atoms with Crippen LogP contribution < -0.4 is 21.3 Å². The fourth-order valence-corrected chi connectivity index (χ4v) is 3.66. The van der Waals surface area contributed by atoms with E-state index in [2.05, 4.69) is 21.3 Å². The number of anilines is 2. The van der Waals surface area contributed by atoms with Crippen LogP contribution in [0.1, 0.15) is 45.4 Å². The van der Waals surface area contributed by atoms with Gasteiger partial charge in [-0.15, -0.1) is 0 Å². The number of rotatable bonds is 7. The van der Waals surface area contributed by atoms with Crippen molar-refractivity contribution < 1.29 is 19.1 Å². The number of benzene rings is 1. The van der Waals surface area contributed by atoms with Gasteiger partial charge in [-0.1, -0.05) is 12.8 Å². The molecule has 0 aromatic heterocycles. The smallest absolute Gasteiger partial charge is 0.319 e. The van der Waals surface area contributed by atoms with E-state index in [9.17, 15) is 14.4 Å². The van der Waals surface area contributed by atoms with Crippen molar-refractivity contribution in [3.05, 3.63) is 24.3 Å². The Kier molecular flexibility index (Phi) is 7.46. The third kappa shape index (κ3) is 6.45. The maximum absolute atomic E-state index is 12.3. The van der Waals surface area contributed by atoms with E-state index in [0.717, 1.165) is 45.1 Å². The number of nitrogens with one attached hydrogen (secondary N) is 4. The molecule has 0 bridgehead atoms. The number of hydrogen-bond acceptors (Lipinski definition) is 4. The third-order valence-corrected chi connectivity index (χ3v) is 5.40. The van der Waals surface area contributed by atoms with Gasteiger partial charge in [-0.3, -0.25) is 9.59 Å². The second-order valence-electron chi connectivity index (χ2n) is 7.75. The molecule has 1 saturated heterocycles. The summed E-state index contributed by atoms with van der Waals surface area (Å²) in [6.45, 7) is 2.92. The Hall–Kier alpha value is -2.61. The van der Waals surface area contributed by atoms with Crippen molar-refractivity contribution in [2.45, 2.75) is 57.6 Å². The molecule has 1 aliphatic heterocycles. The van der Waals surface area contributed by atoms with Gasteiger partial charge in [0.05, 0.1) is 6.10 Å². The highest BCUT2D eigenvalue weighted by molar-refractivity contribution is 5.97. The SMILES string of the molecule is C[C@H](NC(=O)C1CCCC1)C(=O)Nc1ccc(NC(=O)NC[C@@H]2CCCO2)cc1. The van der Waals surface area contributed by atoms with Gasteiger partial charge in [-0.2, -0.15) is 0 Å². The molecule has 29 heavy (non-hydrogen) atoms. The van der Waals surface area contributed by atoms with Crippen molar-refractivity contribution in [1.82, 2.24) is 10.6 Å². The van der Waals surface area contributed by atoms with E-state index in [1.807, 2.05) is 0 Å². The molecule has 1 aromatic carbocycles. The van der Waals surface area contributed by atoms with Crippen LogP contribution in [0.15, 0.2) is 24.3 Å². The Morgan fingerprint density at radius 3 is 2.28 bits per heavy atom. The van der Waals surface area contributed by atoms with Crippen LogP contribution in [0.25, 0.3) is 0 Å². The van der Waals surface area contributed by atoms with Gasteiger partial charge in [-0.05, 0) is 56.9 Å². The van der Waals surface area contributed by atoms with Crippen LogP contribution in [0.5, 0.6) is 0 Å². The van der Waals surface area contributed by atoms with Gasteiger partial charge in [0.25, 0.3) is 0 Å². The largest absolute Gasteiger partial charge is 0.376 e. The van der Waals surface area contributed by atoms with Crippen molar-refractivity contribution in [2.75, 3.05) is 23.8 Å². The summed E-state index contributed by atoms with van der Waals surface area (Å²) >= 11 is 0. The number of amides is 4. The standard InChI is InChI=1S/C21H30N4O4/c1-14(23-20(27)15-5-2-3-6-15)19(26)24-16-8-10-17(11-9-16)25-21(28)22-13-18-7-4-12-29-18/h8-11,14-15,18H,2-7,12-13H2,1H3,(H,23,27)(H,24,26)(H2,22,25,28)/t14-,18-/m0/s1. The van der Waals surface area contributed by atoms with E-state index >= 15 is 0 Å². The molecule has 1 saturated carbocycles. The highest BCUT2D eigenvalue weighted by atomic mass is 16.5. The summed E-state index contributed by atoms with van der Waals surface area (Å²) in [4.78, 5) is 36.4. The Morgan fingerprint density at radius 2 is 1.66 bits per heavy atom. The topological polar surface area (TPSA) is 109 Å². The zero-order chi connectivity index (χ0) is 20.6. The molecule has 3 rings (SSSR count). The minimum atomic E-state index is -0.607. The molecule has 0 unspecified atom stereocenters. The van der Waals surface area contributed by atoms with E-state index in [1.165, 1.54) is 0 Å². The van der Waals surface area contributed by atoms with E-state index in [0.29, 0.717) is 17.9 Å². The fraction of sp³-hybridized carbons (Fsp3) is 0.571. The van der Waals surface area contributed by atoms with Crippen LogP contribution in [-0.2, 0) is 14.3 Å². The first kappa shape index (κ1) is 21.1. The van der Waals surface area contributed by atoms with Crippen molar-refractivity contribution >= 4 is 29.2 Å². The van der Waals surface area contributed by atoms with Crippen LogP contribution >= 0.6 is 0 Å². The number of ether oxygens (including phenoxy) is 1. The van der Waals surface area contributed by atoms with Crippen molar-refractivity contribution in [3.63, 3.8) is 0 Å². The summed E-state index contributed by atoms with van der Waals surface area (Å²) in [5.41, 5.74) is 1.22. The molecule has 1 aromatic rings. The zero-order valence-corrected chi connectivity index (χ0v) is 16.8. The molecule has 1 aliphatic carbocycles. The quantitative estimate of drug-likeness (QED) is 0.562. The number of carbonyl (C=O) groups excluding carboxylic acids is 3. The highest BCUT2D eigenvalue weighted by Gasteiger charge is 2.25. The van der Waals surface area contributed by atoms with Crippen LogP contribution in [0.4, 0.5) is 16.2 Å². The Balaban J connectivity index is 1.41. The maximum Gasteiger partial charge on any atom is 0.319 e. The molecule has 2 aliphatic rings. The normalized spacial score (nSPS) is 20.1. The van der Waals surface area contributed by atoms with Gasteiger partial charge in [0.2, 0.25) is 11.8 Å². The second kappa shape index (κ2) is 10.2. The van der Waals surface area contributed by atoms with Crippen molar-refractivity contribution in [2.24, 2.45) is 5.92 Å². The molecule has 8 heteroatoms. The lowest BCUT2D eigenvalue weighted by molar-refractivity contribution is -0.128. The van der Waals surface area contributed by atoms with Gasteiger partial charge in [0.1, 0.15) is 6.04 Å². The third-order valence-electron chi connectivity index (χ3n) is 5.40. The first-order valence-corrected chi connectivity index (χ1v) is 10.4. The molecule has 158 valence electrons. The zero-order valence-electron chi connectivity index (χ0n) is 16.8. The molecule has 4 amide bonds. The fourth-order valence-electron chi connectivity index (χ4n) is 3.66. The maximum atomic E-state index is 12.3. The molecule has 0 radical (unpaired) electrons. The number of hydrogen-bond donors (Lipinski definition) is 4. The van der Waals surface area contributed by atoms with E-state index in [4.69, 9.17) is 4.74 Å². The number of carbonyl (C=O) groups is 3. The summed E-state index contributed by atoms with van der Waals surface area (Å²) in [5.74, 6) is -0.285. The van der Waals surface area contributed by atoms with Crippen molar-refractivity contribution in [1.29, 1.82) is 0 Å². The lowest BCUT2D eigenvalue weighted by atomic mass is 10.1. The highest BCUT2D eigenvalue weighted by Crippen LogP contribution is 2.24. The van der Waals surface area contributed by atoms with E-state index < -0.39 is 6.04 Å². The lowest BCUT2D eigenvalue weighted by Gasteiger charge is -2.17. The minimum Gasteiger partial charge on any atom is -0.376 e. The van der Waals surface area contributed by atoms with Gasteiger partial charge < -0.3 is 26.0 Å². The summed E-state index contributed by atoms with van der Waals surface area (Å²) in [7, 11) is 0. The second-order valence-corrected chi connectivity index (χ2v) is 7.75. The molecule has 1 heterocycles. The Labute approximate surface area is 171 Å². The van der Waals surface area contributed by atoms with Gasteiger partial charge in [0, 0.05) is 30.4 Å². The molecular formula is C21H30N4O4. The molecule has 0 spiro atoms. The molecule has 2 atom stereocenters. The van der Waals surface area contributed by atoms with Crippen LogP contribution in [0.2, 0.25) is 0 Å². The van der Waals surface area contributed by atoms with E-state index in [-0.39, 0.29) is 29.9 Å². The molecular weight excluding hydrogens is 372 g/mol. The first-order valence-electron chi connectivity index (χ1n) is 10.4. The van der Waals surface area contributed by atoms with Gasteiger partial charge >= 0.3 is 6.03 Å². The average Bonchev–Trinajstić information content (AvgIpc) is 3.42. The predicted molar refractivity (Wildman–Crippen MR) is 111 cm³/mol. The Bertz CT molecular complexity index is 710. The van der Waals surface area contributed by atoms with Crippen molar-refractivity contribution in [3.8, 4) is 0 Å². The van der Waals surface area contributed by atoms with Crippen LogP contribution in [0, 0.1) is 5.92 Å². The summed E-state index contributed by atoms with van der Waals surface area (Å²) in [5, 5.41) is 11.1. The number of urea groups is 1. The molecule has 2 fully saturated rings. The summed E-state index contributed by atoms with van der Waals surface area (Å²) in [6.07, 6.45) is 6.04. The predicted octanol–water partition coefficient (Wildman–Crippen LogP) is 2.62. The summed E-state index contributed by atoms with van der Waals surface area (Å²) < 4.78 is 5.47. The minimum absolute atomic E-state index is 0.0296. The monoisotopic (exact) mass is 402 g/mol. The first-order chi connectivity index (χ1) is 14.0. The van der Waals surface area contributed by atoms with Crippen LogP contribution in [-0.4, -0.2) is 43.1 Å². The van der Waals surface area contributed by atoms with Gasteiger partial charge in [0.15, 0.2) is 0 Å². The summed E-state index contributed by atoms with van der Waals surface area (Å²) in [6, 6.07) is 5.94. The lowest BCUT2D eigenvalue weighted by Crippen LogP contribution is -2.43. The molecule has 4 N–H and O–H groups in total. The van der Waals surface area contributed by atoms with Crippen LogP contribution in [0.3, 0.4) is 0 Å². The van der Waals surface area contributed by atoms with Gasteiger partial charge in [-0.25, -0.2) is 4.79 Å².